The predicted octanol–water partition coefficient (Wildman–Crippen LogP) is 4.00. The van der Waals surface area contributed by atoms with Crippen molar-refractivity contribution in [1.29, 1.82) is 0 Å². The first-order valence-corrected chi connectivity index (χ1v) is 9.00. The first kappa shape index (κ1) is 17.7. The van der Waals surface area contributed by atoms with E-state index in [2.05, 4.69) is 26.1 Å². The van der Waals surface area contributed by atoms with E-state index in [9.17, 15) is 9.18 Å². The van der Waals surface area contributed by atoms with Crippen molar-refractivity contribution in [2.75, 3.05) is 25.1 Å². The Morgan fingerprint density at radius 3 is 2.48 bits per heavy atom. The molecule has 0 unspecified atom stereocenters. The minimum absolute atomic E-state index is 0.101. The van der Waals surface area contributed by atoms with Crippen LogP contribution in [0.2, 0.25) is 0 Å². The zero-order chi connectivity index (χ0) is 17.8. The maximum absolute atomic E-state index is 13.4. The topological polar surface area (TPSA) is 41.6 Å². The van der Waals surface area contributed by atoms with Crippen LogP contribution in [0.3, 0.4) is 0 Å². The van der Waals surface area contributed by atoms with E-state index in [1.807, 2.05) is 24.3 Å². The molecule has 3 rings (SSSR count). The molecule has 4 nitrogen and oxygen atoms in total. The van der Waals surface area contributed by atoms with Crippen molar-refractivity contribution in [1.82, 2.24) is 5.32 Å². The largest absolute Gasteiger partial charge is 0.497 e. The van der Waals surface area contributed by atoms with Crippen LogP contribution in [0.1, 0.15) is 23.2 Å². The summed E-state index contributed by atoms with van der Waals surface area (Å²) in [6.07, 6.45) is 1.71. The molecule has 0 aliphatic carbocycles. The van der Waals surface area contributed by atoms with Crippen LogP contribution in [0, 0.1) is 5.82 Å². The molecule has 0 spiro atoms. The average Bonchev–Trinajstić information content (AvgIpc) is 2.61. The summed E-state index contributed by atoms with van der Waals surface area (Å²) < 4.78 is 19.2. The number of halogens is 2. The molecule has 1 saturated heterocycles. The fourth-order valence-electron chi connectivity index (χ4n) is 3.03. The van der Waals surface area contributed by atoms with Crippen LogP contribution in [0.25, 0.3) is 0 Å². The van der Waals surface area contributed by atoms with Crippen LogP contribution in [0.15, 0.2) is 46.9 Å². The Hall–Kier alpha value is -2.08. The molecular weight excluding hydrogens is 387 g/mol. The second-order valence-electron chi connectivity index (χ2n) is 6.09. The standard InChI is InChI=1S/C19H20BrFN2O2/c1-25-18-4-2-17(3-5-18)23-8-6-16(7-9-23)22-19(24)13-10-14(20)12-15(21)11-13/h2-5,10-12,16H,6-9H2,1H3,(H,22,24). The first-order valence-electron chi connectivity index (χ1n) is 8.21. The van der Waals surface area contributed by atoms with E-state index in [0.29, 0.717) is 10.0 Å². The molecule has 6 heteroatoms. The van der Waals surface area contributed by atoms with Crippen molar-refractivity contribution < 1.29 is 13.9 Å². The van der Waals surface area contributed by atoms with Gasteiger partial charge in [-0.25, -0.2) is 4.39 Å². The summed E-state index contributed by atoms with van der Waals surface area (Å²) in [4.78, 5) is 14.6. The predicted molar refractivity (Wildman–Crippen MR) is 99.8 cm³/mol. The van der Waals surface area contributed by atoms with Gasteiger partial charge in [0.05, 0.1) is 7.11 Å². The Kier molecular flexibility index (Phi) is 5.58. The Balaban J connectivity index is 1.55. The third kappa shape index (κ3) is 4.51. The maximum Gasteiger partial charge on any atom is 0.251 e. The van der Waals surface area contributed by atoms with Crippen LogP contribution < -0.4 is 15.0 Å². The molecule has 2 aromatic carbocycles. The molecule has 1 N–H and O–H groups in total. The summed E-state index contributed by atoms with van der Waals surface area (Å²) >= 11 is 3.21. The van der Waals surface area contributed by atoms with Gasteiger partial charge in [0.15, 0.2) is 0 Å². The van der Waals surface area contributed by atoms with Crippen LogP contribution in [0.5, 0.6) is 5.75 Å². The molecule has 25 heavy (non-hydrogen) atoms. The van der Waals surface area contributed by atoms with Crippen molar-refractivity contribution in [2.24, 2.45) is 0 Å². The number of hydrogen-bond donors (Lipinski definition) is 1. The maximum atomic E-state index is 13.4. The van der Waals surface area contributed by atoms with Gasteiger partial charge in [-0.2, -0.15) is 0 Å². The summed E-state index contributed by atoms with van der Waals surface area (Å²) in [7, 11) is 1.65. The van der Waals surface area contributed by atoms with Crippen molar-refractivity contribution in [3.05, 3.63) is 58.3 Å². The molecule has 1 amide bonds. The number of methoxy groups -OCH3 is 1. The zero-order valence-electron chi connectivity index (χ0n) is 14.0. The van der Waals surface area contributed by atoms with Crippen LogP contribution in [0.4, 0.5) is 10.1 Å². The van der Waals surface area contributed by atoms with Gasteiger partial charge in [0.1, 0.15) is 11.6 Å². The molecule has 0 bridgehead atoms. The van der Waals surface area contributed by atoms with Crippen LogP contribution in [-0.4, -0.2) is 32.1 Å². The SMILES string of the molecule is COc1ccc(N2CCC(NC(=O)c3cc(F)cc(Br)c3)CC2)cc1. The average molecular weight is 407 g/mol. The molecule has 1 fully saturated rings. The second kappa shape index (κ2) is 7.87. The first-order chi connectivity index (χ1) is 12.0. The van der Waals surface area contributed by atoms with E-state index >= 15 is 0 Å². The number of nitrogens with zero attached hydrogens (tertiary/aromatic N) is 1. The molecule has 2 aromatic rings. The van der Waals surface area contributed by atoms with Gasteiger partial charge in [-0.05, 0) is 55.3 Å². The number of anilines is 1. The molecular formula is C19H20BrFN2O2. The monoisotopic (exact) mass is 406 g/mol. The minimum Gasteiger partial charge on any atom is -0.497 e. The van der Waals surface area contributed by atoms with Gasteiger partial charge < -0.3 is 15.0 Å². The van der Waals surface area contributed by atoms with E-state index < -0.39 is 5.82 Å². The molecule has 0 saturated carbocycles. The summed E-state index contributed by atoms with van der Waals surface area (Å²) in [6, 6.07) is 12.3. The van der Waals surface area contributed by atoms with Crippen LogP contribution in [-0.2, 0) is 0 Å². The van der Waals surface area contributed by atoms with Gasteiger partial charge in [0, 0.05) is 34.9 Å². The fourth-order valence-corrected chi connectivity index (χ4v) is 3.49. The van der Waals surface area contributed by atoms with E-state index in [1.165, 1.54) is 12.1 Å². The van der Waals surface area contributed by atoms with Gasteiger partial charge >= 0.3 is 0 Å². The summed E-state index contributed by atoms with van der Waals surface area (Å²) in [5.74, 6) is 0.184. The highest BCUT2D eigenvalue weighted by Crippen LogP contribution is 2.23. The molecule has 0 atom stereocenters. The van der Waals surface area contributed by atoms with E-state index in [1.54, 1.807) is 13.2 Å². The number of benzene rings is 2. The minimum atomic E-state index is -0.422. The summed E-state index contributed by atoms with van der Waals surface area (Å²) in [5, 5.41) is 3.01. The van der Waals surface area contributed by atoms with E-state index in [4.69, 9.17) is 4.74 Å². The Morgan fingerprint density at radius 1 is 1.20 bits per heavy atom. The molecule has 0 radical (unpaired) electrons. The molecule has 1 aliphatic heterocycles. The number of nitrogens with one attached hydrogen (secondary N) is 1. The smallest absolute Gasteiger partial charge is 0.251 e. The van der Waals surface area contributed by atoms with Gasteiger partial charge in [-0.15, -0.1) is 0 Å². The number of amides is 1. The summed E-state index contributed by atoms with van der Waals surface area (Å²) in [6.45, 7) is 1.73. The fraction of sp³-hybridized carbons (Fsp3) is 0.316. The second-order valence-corrected chi connectivity index (χ2v) is 7.01. The quantitative estimate of drug-likeness (QED) is 0.834. The molecule has 1 heterocycles. The Morgan fingerprint density at radius 2 is 1.88 bits per heavy atom. The van der Waals surface area contributed by atoms with E-state index in [-0.39, 0.29) is 11.9 Å². The number of carbonyl (C=O) groups excluding carboxylic acids is 1. The number of rotatable bonds is 4. The lowest BCUT2D eigenvalue weighted by atomic mass is 10.0. The molecule has 1 aliphatic rings. The Labute approximate surface area is 155 Å². The number of hydrogen-bond acceptors (Lipinski definition) is 3. The number of carbonyl (C=O) groups is 1. The lowest BCUT2D eigenvalue weighted by molar-refractivity contribution is 0.0930. The number of piperidine rings is 1. The van der Waals surface area contributed by atoms with Gasteiger partial charge in [-0.3, -0.25) is 4.79 Å². The van der Waals surface area contributed by atoms with E-state index in [0.717, 1.165) is 37.4 Å². The summed E-state index contributed by atoms with van der Waals surface area (Å²) in [5.41, 5.74) is 1.49. The van der Waals surface area contributed by atoms with Gasteiger partial charge in [0.25, 0.3) is 5.91 Å². The van der Waals surface area contributed by atoms with Crippen molar-refractivity contribution in [3.63, 3.8) is 0 Å². The van der Waals surface area contributed by atoms with Gasteiger partial charge in [0.2, 0.25) is 0 Å². The highest BCUT2D eigenvalue weighted by atomic mass is 79.9. The number of ether oxygens (including phenoxy) is 1. The van der Waals surface area contributed by atoms with Gasteiger partial charge in [-0.1, -0.05) is 15.9 Å². The lowest BCUT2D eigenvalue weighted by Crippen LogP contribution is -2.44. The molecule has 0 aromatic heterocycles. The van der Waals surface area contributed by atoms with Crippen molar-refractivity contribution in [2.45, 2.75) is 18.9 Å². The third-order valence-corrected chi connectivity index (χ3v) is 4.85. The normalized spacial score (nSPS) is 15.1. The third-order valence-electron chi connectivity index (χ3n) is 4.39. The van der Waals surface area contributed by atoms with Crippen molar-refractivity contribution >= 4 is 27.5 Å². The van der Waals surface area contributed by atoms with Crippen LogP contribution >= 0.6 is 15.9 Å². The van der Waals surface area contributed by atoms with Crippen molar-refractivity contribution in [3.8, 4) is 5.75 Å². The molecule has 132 valence electrons. The Bertz CT molecular complexity index is 723. The highest BCUT2D eigenvalue weighted by molar-refractivity contribution is 9.10. The zero-order valence-corrected chi connectivity index (χ0v) is 15.6. The highest BCUT2D eigenvalue weighted by Gasteiger charge is 2.21. The lowest BCUT2D eigenvalue weighted by Gasteiger charge is -2.34.